The first-order chi connectivity index (χ1) is 10.3. The largest absolute Gasteiger partial charge is 0.326 e. The van der Waals surface area contributed by atoms with Gasteiger partial charge in [0, 0.05) is 23.4 Å². The lowest BCUT2D eigenvalue weighted by Crippen LogP contribution is -2.12. The van der Waals surface area contributed by atoms with Gasteiger partial charge in [0.15, 0.2) is 0 Å². The molecule has 1 N–H and O–H groups in total. The van der Waals surface area contributed by atoms with Gasteiger partial charge in [-0.3, -0.25) is 4.79 Å². The Hall–Kier alpha value is -2.27. The number of carbonyl (C=O) groups excluding carboxylic acids is 1. The zero-order valence-electron chi connectivity index (χ0n) is 11.2. The molecule has 2 aromatic heterocycles. The Labute approximate surface area is 125 Å². The van der Waals surface area contributed by atoms with E-state index in [1.807, 2.05) is 36.4 Å². The van der Waals surface area contributed by atoms with Crippen LogP contribution < -0.4 is 5.32 Å². The Morgan fingerprint density at radius 1 is 1.19 bits per heavy atom. The molecule has 0 saturated heterocycles. The summed E-state index contributed by atoms with van der Waals surface area (Å²) in [5, 5.41) is 3.89. The molecule has 1 fully saturated rings. The van der Waals surface area contributed by atoms with E-state index in [1.54, 1.807) is 17.5 Å². The molecule has 1 aliphatic carbocycles. The number of pyridine rings is 1. The summed E-state index contributed by atoms with van der Waals surface area (Å²) >= 11 is 1.58. The molecule has 104 valence electrons. The molecule has 0 spiro atoms. The van der Waals surface area contributed by atoms with Crippen LogP contribution in [0.3, 0.4) is 0 Å². The second kappa shape index (κ2) is 4.93. The third kappa shape index (κ3) is 2.52. The molecule has 1 saturated carbocycles. The second-order valence-corrected chi connectivity index (χ2v) is 6.17. The molecule has 0 radical (unpaired) electrons. The van der Waals surface area contributed by atoms with E-state index in [-0.39, 0.29) is 11.8 Å². The fraction of sp³-hybridized carbons (Fsp3) is 0.188. The molecule has 0 aliphatic heterocycles. The van der Waals surface area contributed by atoms with E-state index in [0.717, 1.165) is 39.4 Å². The third-order valence-corrected chi connectivity index (χ3v) is 4.54. The van der Waals surface area contributed by atoms with Crippen LogP contribution in [0, 0.1) is 5.92 Å². The summed E-state index contributed by atoms with van der Waals surface area (Å²) in [5.41, 5.74) is 2.81. The van der Waals surface area contributed by atoms with E-state index < -0.39 is 0 Å². The van der Waals surface area contributed by atoms with Crippen LogP contribution in [0.4, 0.5) is 5.69 Å². The van der Waals surface area contributed by atoms with Crippen LogP contribution in [-0.2, 0) is 4.79 Å². The van der Waals surface area contributed by atoms with Gasteiger partial charge in [0.1, 0.15) is 15.4 Å². The van der Waals surface area contributed by atoms with Crippen LogP contribution in [-0.4, -0.2) is 15.9 Å². The van der Waals surface area contributed by atoms with Crippen molar-refractivity contribution in [2.75, 3.05) is 5.32 Å². The number of benzene rings is 1. The van der Waals surface area contributed by atoms with Gasteiger partial charge in [-0.1, -0.05) is 11.3 Å². The lowest BCUT2D eigenvalue weighted by atomic mass is 10.2. The van der Waals surface area contributed by atoms with Crippen molar-refractivity contribution in [2.45, 2.75) is 12.8 Å². The minimum Gasteiger partial charge on any atom is -0.326 e. The van der Waals surface area contributed by atoms with Crippen molar-refractivity contribution in [3.63, 3.8) is 0 Å². The highest BCUT2D eigenvalue weighted by Gasteiger charge is 2.29. The molecule has 4 rings (SSSR count). The summed E-state index contributed by atoms with van der Waals surface area (Å²) in [6, 6.07) is 11.7. The Bertz CT molecular complexity index is 773. The Morgan fingerprint density at radius 2 is 2.00 bits per heavy atom. The smallest absolute Gasteiger partial charge is 0.227 e. The van der Waals surface area contributed by atoms with Crippen LogP contribution in [0.25, 0.3) is 20.9 Å². The predicted molar refractivity (Wildman–Crippen MR) is 84.2 cm³/mol. The highest BCUT2D eigenvalue weighted by molar-refractivity contribution is 7.21. The van der Waals surface area contributed by atoms with Gasteiger partial charge in [0.05, 0.1) is 0 Å². The second-order valence-electron chi connectivity index (χ2n) is 5.19. The van der Waals surface area contributed by atoms with E-state index in [2.05, 4.69) is 15.3 Å². The average molecular weight is 295 g/mol. The highest BCUT2D eigenvalue weighted by Crippen LogP contribution is 2.31. The number of thiazole rings is 1. The lowest BCUT2D eigenvalue weighted by molar-refractivity contribution is -0.117. The maximum atomic E-state index is 11.7. The Balaban J connectivity index is 1.58. The Morgan fingerprint density at radius 3 is 2.71 bits per heavy atom. The summed E-state index contributed by atoms with van der Waals surface area (Å²) in [7, 11) is 0. The van der Waals surface area contributed by atoms with Gasteiger partial charge in [-0.2, -0.15) is 0 Å². The van der Waals surface area contributed by atoms with E-state index in [4.69, 9.17) is 0 Å². The summed E-state index contributed by atoms with van der Waals surface area (Å²) in [6.45, 7) is 0. The van der Waals surface area contributed by atoms with Crippen molar-refractivity contribution in [1.29, 1.82) is 0 Å². The number of aromatic nitrogens is 2. The minimum atomic E-state index is 0.131. The normalized spacial score (nSPS) is 14.3. The maximum Gasteiger partial charge on any atom is 0.227 e. The molecule has 2 heterocycles. The number of fused-ring (bicyclic) bond motifs is 1. The van der Waals surface area contributed by atoms with E-state index in [9.17, 15) is 4.79 Å². The van der Waals surface area contributed by atoms with Crippen LogP contribution in [0.1, 0.15) is 12.8 Å². The summed E-state index contributed by atoms with van der Waals surface area (Å²) in [4.78, 5) is 21.6. The molecule has 4 nitrogen and oxygen atoms in total. The fourth-order valence-corrected chi connectivity index (χ4v) is 3.09. The van der Waals surface area contributed by atoms with Crippen LogP contribution in [0.5, 0.6) is 0 Å². The van der Waals surface area contributed by atoms with Crippen molar-refractivity contribution in [1.82, 2.24) is 9.97 Å². The molecule has 1 amide bonds. The number of hydrogen-bond acceptors (Lipinski definition) is 4. The first-order valence-corrected chi connectivity index (χ1v) is 7.74. The summed E-state index contributed by atoms with van der Waals surface area (Å²) in [5.74, 6) is 0.354. The van der Waals surface area contributed by atoms with Crippen molar-refractivity contribution >= 4 is 33.3 Å². The van der Waals surface area contributed by atoms with E-state index in [1.165, 1.54) is 0 Å². The van der Waals surface area contributed by atoms with Gasteiger partial charge >= 0.3 is 0 Å². The van der Waals surface area contributed by atoms with Gasteiger partial charge in [-0.05, 0) is 49.2 Å². The zero-order valence-corrected chi connectivity index (χ0v) is 12.1. The molecule has 0 atom stereocenters. The number of anilines is 1. The molecule has 5 heteroatoms. The van der Waals surface area contributed by atoms with Gasteiger partial charge in [0.25, 0.3) is 0 Å². The Kier molecular flexibility index (Phi) is 2.93. The molecular formula is C16H13N3OS. The van der Waals surface area contributed by atoms with Crippen molar-refractivity contribution < 1.29 is 4.79 Å². The van der Waals surface area contributed by atoms with Crippen molar-refractivity contribution in [2.24, 2.45) is 5.92 Å². The summed E-state index contributed by atoms with van der Waals surface area (Å²) < 4.78 is 0. The van der Waals surface area contributed by atoms with E-state index in [0.29, 0.717) is 0 Å². The van der Waals surface area contributed by atoms with Gasteiger partial charge in [-0.25, -0.2) is 9.97 Å². The molecule has 0 unspecified atom stereocenters. The number of carbonyl (C=O) groups is 1. The average Bonchev–Trinajstić information content (AvgIpc) is 3.27. The SMILES string of the molecule is O=C(Nc1ccc(-c2nc3cccnc3s2)cc1)C1CC1. The minimum absolute atomic E-state index is 0.131. The van der Waals surface area contributed by atoms with Crippen LogP contribution in [0.2, 0.25) is 0 Å². The first-order valence-electron chi connectivity index (χ1n) is 6.92. The number of rotatable bonds is 3. The fourth-order valence-electron chi connectivity index (χ4n) is 2.18. The number of amides is 1. The topological polar surface area (TPSA) is 54.9 Å². The highest BCUT2D eigenvalue weighted by atomic mass is 32.1. The molecule has 21 heavy (non-hydrogen) atoms. The van der Waals surface area contributed by atoms with E-state index >= 15 is 0 Å². The van der Waals surface area contributed by atoms with Crippen molar-refractivity contribution in [3.8, 4) is 10.6 Å². The van der Waals surface area contributed by atoms with Crippen LogP contribution >= 0.6 is 11.3 Å². The maximum absolute atomic E-state index is 11.7. The number of hydrogen-bond donors (Lipinski definition) is 1. The zero-order chi connectivity index (χ0) is 14.2. The molecule has 1 aliphatic rings. The molecule has 1 aromatic carbocycles. The van der Waals surface area contributed by atoms with Gasteiger partial charge in [0.2, 0.25) is 5.91 Å². The molecule has 0 bridgehead atoms. The monoisotopic (exact) mass is 295 g/mol. The number of nitrogens with one attached hydrogen (secondary N) is 1. The molecule has 3 aromatic rings. The standard InChI is InChI=1S/C16H13N3OS/c20-14(10-3-4-10)18-12-7-5-11(6-8-12)15-19-13-2-1-9-17-16(13)21-15/h1-2,5-10H,3-4H2,(H,18,20). The molecular weight excluding hydrogens is 282 g/mol. The first kappa shape index (κ1) is 12.5. The van der Waals surface area contributed by atoms with Gasteiger partial charge < -0.3 is 5.32 Å². The summed E-state index contributed by atoms with van der Waals surface area (Å²) in [6.07, 6.45) is 3.81. The lowest BCUT2D eigenvalue weighted by Gasteiger charge is -2.04. The van der Waals surface area contributed by atoms with Crippen LogP contribution in [0.15, 0.2) is 42.6 Å². The quantitative estimate of drug-likeness (QED) is 0.801. The third-order valence-electron chi connectivity index (χ3n) is 3.51. The predicted octanol–water partition coefficient (Wildman–Crippen LogP) is 3.71. The van der Waals surface area contributed by atoms with Crippen molar-refractivity contribution in [3.05, 3.63) is 42.6 Å². The number of nitrogens with zero attached hydrogens (tertiary/aromatic N) is 2. The van der Waals surface area contributed by atoms with Gasteiger partial charge in [-0.15, -0.1) is 0 Å².